The van der Waals surface area contributed by atoms with Gasteiger partial charge >= 0.3 is 12.2 Å². The van der Waals surface area contributed by atoms with Gasteiger partial charge in [0, 0.05) is 6.54 Å². The number of hydrogen-bond acceptors (Lipinski definition) is 3. The average molecular weight is 372 g/mol. The summed E-state index contributed by atoms with van der Waals surface area (Å²) in [6.45, 7) is 4.82. The zero-order valence-corrected chi connectivity index (χ0v) is 17.1. The molecule has 0 saturated heterocycles. The van der Waals surface area contributed by atoms with E-state index in [1.807, 2.05) is 6.92 Å². The quantitative estimate of drug-likeness (QED) is 0.280. The van der Waals surface area contributed by atoms with Gasteiger partial charge in [-0.15, -0.1) is 0 Å². The first-order chi connectivity index (χ1) is 12.6. The van der Waals surface area contributed by atoms with Crippen LogP contribution in [0, 0.1) is 0 Å². The Balaban J connectivity index is 3.49. The van der Waals surface area contributed by atoms with Gasteiger partial charge in [0.2, 0.25) is 0 Å². The number of carbonyl (C=O) groups excluding carboxylic acids is 1. The van der Waals surface area contributed by atoms with Crippen molar-refractivity contribution in [2.75, 3.05) is 13.2 Å². The molecule has 0 aromatic rings. The van der Waals surface area contributed by atoms with Gasteiger partial charge < -0.3 is 9.84 Å². The lowest BCUT2D eigenvalue weighted by molar-refractivity contribution is 0.0925. The average Bonchev–Trinajstić information content (AvgIpc) is 2.62. The highest BCUT2D eigenvalue weighted by molar-refractivity contribution is 5.86. The molecule has 5 heteroatoms. The Kier molecular flexibility index (Phi) is 17.6. The van der Waals surface area contributed by atoms with E-state index in [0.717, 1.165) is 37.0 Å². The first-order valence-electron chi connectivity index (χ1n) is 10.8. The number of hydrogen-bond donors (Lipinski definition) is 1. The van der Waals surface area contributed by atoms with Gasteiger partial charge in [-0.05, 0) is 12.8 Å². The Morgan fingerprint density at radius 2 is 1.12 bits per heavy atom. The van der Waals surface area contributed by atoms with Gasteiger partial charge in [0.15, 0.2) is 0 Å². The Labute approximate surface area is 160 Å². The van der Waals surface area contributed by atoms with E-state index in [9.17, 15) is 9.59 Å². The van der Waals surface area contributed by atoms with Crippen molar-refractivity contribution < 1.29 is 19.4 Å². The monoisotopic (exact) mass is 371 g/mol. The molecule has 0 saturated carbocycles. The minimum atomic E-state index is -1.22. The van der Waals surface area contributed by atoms with Crippen LogP contribution in [0.15, 0.2) is 0 Å². The molecule has 0 fully saturated rings. The second kappa shape index (κ2) is 18.5. The normalized spacial score (nSPS) is 10.7. The maximum atomic E-state index is 11.8. The van der Waals surface area contributed by atoms with E-state index in [4.69, 9.17) is 9.84 Å². The Bertz CT molecular complexity index is 347. The first kappa shape index (κ1) is 24.7. The molecule has 2 amide bonds. The molecule has 0 heterocycles. The van der Waals surface area contributed by atoms with Crippen LogP contribution in [0.2, 0.25) is 0 Å². The van der Waals surface area contributed by atoms with Gasteiger partial charge in [-0.3, -0.25) is 0 Å². The summed E-state index contributed by atoms with van der Waals surface area (Å²) >= 11 is 0. The van der Waals surface area contributed by atoms with Crippen molar-refractivity contribution in [1.82, 2.24) is 4.90 Å². The summed E-state index contributed by atoms with van der Waals surface area (Å²) in [4.78, 5) is 23.7. The van der Waals surface area contributed by atoms with E-state index in [0.29, 0.717) is 13.0 Å². The van der Waals surface area contributed by atoms with Gasteiger partial charge in [-0.25, -0.2) is 14.5 Å². The minimum Gasteiger partial charge on any atom is -0.465 e. The van der Waals surface area contributed by atoms with Gasteiger partial charge in [-0.2, -0.15) is 0 Å². The van der Waals surface area contributed by atoms with Crippen LogP contribution >= 0.6 is 0 Å². The summed E-state index contributed by atoms with van der Waals surface area (Å²) in [5, 5.41) is 9.07. The van der Waals surface area contributed by atoms with Crippen LogP contribution in [0.1, 0.15) is 110 Å². The van der Waals surface area contributed by atoms with E-state index in [1.165, 1.54) is 57.8 Å². The summed E-state index contributed by atoms with van der Waals surface area (Å²) in [7, 11) is 0. The second-order valence-corrected chi connectivity index (χ2v) is 7.14. The molecule has 0 spiro atoms. The number of carboxylic acid groups (broad SMARTS) is 1. The molecule has 0 aliphatic carbocycles. The van der Waals surface area contributed by atoms with Crippen LogP contribution in [0.3, 0.4) is 0 Å². The zero-order valence-electron chi connectivity index (χ0n) is 17.1. The fourth-order valence-electron chi connectivity index (χ4n) is 2.97. The standard InChI is InChI=1S/C21H41NO4/c1-3-5-7-8-9-10-11-12-13-14-15-17-19-26-21(25)22(20(23)24)18-16-6-4-2/h3-19H2,1-2H3,(H,23,24). The number of ether oxygens (including phenoxy) is 1. The van der Waals surface area contributed by atoms with Crippen molar-refractivity contribution in [3.63, 3.8) is 0 Å². The third-order valence-electron chi connectivity index (χ3n) is 4.66. The minimum absolute atomic E-state index is 0.223. The molecule has 0 unspecified atom stereocenters. The molecule has 0 rings (SSSR count). The van der Waals surface area contributed by atoms with Gasteiger partial charge in [-0.1, -0.05) is 97.3 Å². The molecule has 0 aliphatic rings. The van der Waals surface area contributed by atoms with E-state index in [1.54, 1.807) is 0 Å². The van der Waals surface area contributed by atoms with Crippen LogP contribution in [0.25, 0.3) is 0 Å². The maximum absolute atomic E-state index is 11.8. The molecule has 0 bridgehead atoms. The fraction of sp³-hybridized carbons (Fsp3) is 0.905. The van der Waals surface area contributed by atoms with Crippen molar-refractivity contribution >= 4 is 12.2 Å². The second-order valence-electron chi connectivity index (χ2n) is 7.14. The van der Waals surface area contributed by atoms with E-state index in [2.05, 4.69) is 6.92 Å². The number of amides is 2. The van der Waals surface area contributed by atoms with Crippen molar-refractivity contribution in [3.8, 4) is 0 Å². The van der Waals surface area contributed by atoms with Crippen LogP contribution in [0.5, 0.6) is 0 Å². The first-order valence-corrected chi connectivity index (χ1v) is 10.8. The van der Waals surface area contributed by atoms with E-state index >= 15 is 0 Å². The van der Waals surface area contributed by atoms with Crippen LogP contribution in [-0.2, 0) is 4.74 Å². The van der Waals surface area contributed by atoms with Gasteiger partial charge in [0.05, 0.1) is 6.61 Å². The number of unbranched alkanes of at least 4 members (excludes halogenated alkanes) is 13. The van der Waals surface area contributed by atoms with Gasteiger partial charge in [0.25, 0.3) is 0 Å². The molecule has 1 N–H and O–H groups in total. The third-order valence-corrected chi connectivity index (χ3v) is 4.66. The van der Waals surface area contributed by atoms with Crippen molar-refractivity contribution in [2.24, 2.45) is 0 Å². The molecular formula is C21H41NO4. The Hall–Kier alpha value is -1.26. The smallest absolute Gasteiger partial charge is 0.419 e. The van der Waals surface area contributed by atoms with E-state index < -0.39 is 12.2 Å². The van der Waals surface area contributed by atoms with Crippen LogP contribution < -0.4 is 0 Å². The maximum Gasteiger partial charge on any atom is 0.419 e. The van der Waals surface area contributed by atoms with Crippen LogP contribution in [0.4, 0.5) is 9.59 Å². The third kappa shape index (κ3) is 15.0. The summed E-state index contributed by atoms with van der Waals surface area (Å²) in [5.74, 6) is 0. The summed E-state index contributed by atoms with van der Waals surface area (Å²) < 4.78 is 5.09. The number of rotatable bonds is 17. The Morgan fingerprint density at radius 1 is 0.692 bits per heavy atom. The lowest BCUT2D eigenvalue weighted by atomic mass is 10.1. The van der Waals surface area contributed by atoms with Gasteiger partial charge in [0.1, 0.15) is 0 Å². The Morgan fingerprint density at radius 3 is 1.58 bits per heavy atom. The molecule has 0 aromatic heterocycles. The summed E-state index contributed by atoms with van der Waals surface area (Å²) in [5.41, 5.74) is 0. The highest BCUT2D eigenvalue weighted by Crippen LogP contribution is 2.12. The highest BCUT2D eigenvalue weighted by Gasteiger charge is 2.21. The van der Waals surface area contributed by atoms with E-state index in [-0.39, 0.29) is 6.54 Å². The SMILES string of the molecule is CCCCCCCCCCCCCCOC(=O)N(CCCCC)C(=O)O. The topological polar surface area (TPSA) is 66.8 Å². The fourth-order valence-corrected chi connectivity index (χ4v) is 2.97. The summed E-state index contributed by atoms with van der Waals surface area (Å²) in [6, 6.07) is 0. The number of imide groups is 1. The lowest BCUT2D eigenvalue weighted by Crippen LogP contribution is -2.37. The lowest BCUT2D eigenvalue weighted by Gasteiger charge is -2.16. The van der Waals surface area contributed by atoms with Crippen molar-refractivity contribution in [1.29, 1.82) is 0 Å². The largest absolute Gasteiger partial charge is 0.465 e. The molecule has 0 aromatic carbocycles. The molecule has 154 valence electrons. The number of carbonyl (C=O) groups is 2. The zero-order chi connectivity index (χ0) is 19.5. The molecule has 26 heavy (non-hydrogen) atoms. The molecule has 5 nitrogen and oxygen atoms in total. The molecular weight excluding hydrogens is 330 g/mol. The predicted octanol–water partition coefficient (Wildman–Crippen LogP) is 6.99. The molecule has 0 atom stereocenters. The van der Waals surface area contributed by atoms with Crippen LogP contribution in [-0.4, -0.2) is 35.3 Å². The van der Waals surface area contributed by atoms with Crippen molar-refractivity contribution in [3.05, 3.63) is 0 Å². The van der Waals surface area contributed by atoms with Crippen molar-refractivity contribution in [2.45, 2.75) is 110 Å². The summed E-state index contributed by atoms with van der Waals surface area (Å²) in [6.07, 6.45) is 15.7. The highest BCUT2D eigenvalue weighted by atomic mass is 16.6. The molecule has 0 aliphatic heterocycles. The molecule has 0 radical (unpaired) electrons. The predicted molar refractivity (Wildman–Crippen MR) is 107 cm³/mol. The number of nitrogens with zero attached hydrogens (tertiary/aromatic N) is 1.